The zero-order chi connectivity index (χ0) is 22.0. The molecule has 0 bridgehead atoms. The average Bonchev–Trinajstić information content (AvgIpc) is 3.29. The van der Waals surface area contributed by atoms with Crippen LogP contribution in [0.2, 0.25) is 0 Å². The molecule has 0 unspecified atom stereocenters. The molecule has 3 heterocycles. The van der Waals surface area contributed by atoms with Crippen LogP contribution in [0.3, 0.4) is 0 Å². The summed E-state index contributed by atoms with van der Waals surface area (Å²) >= 11 is 0. The number of carbonyl (C=O) groups is 1. The molecule has 0 atom stereocenters. The maximum Gasteiger partial charge on any atom is 0.220 e. The molecule has 0 fully saturated rings. The molecule has 0 aliphatic carbocycles. The van der Waals surface area contributed by atoms with Crippen molar-refractivity contribution in [1.82, 2.24) is 34.9 Å². The Morgan fingerprint density at radius 1 is 1.03 bits per heavy atom. The topological polar surface area (TPSA) is 99.2 Å². The molecule has 9 heteroatoms. The van der Waals surface area contributed by atoms with Crippen LogP contribution in [-0.4, -0.2) is 42.6 Å². The van der Waals surface area contributed by atoms with Gasteiger partial charge >= 0.3 is 0 Å². The minimum Gasteiger partial charge on any atom is -0.497 e. The number of ether oxygens (including phenoxy) is 1. The number of fused-ring (bicyclic) bond motifs is 1. The first-order chi connectivity index (χ1) is 15.0. The smallest absolute Gasteiger partial charge is 0.220 e. The molecule has 4 aromatic rings. The predicted molar refractivity (Wildman–Crippen MR) is 115 cm³/mol. The van der Waals surface area contributed by atoms with Crippen LogP contribution in [0.4, 0.5) is 0 Å². The van der Waals surface area contributed by atoms with Gasteiger partial charge in [0.1, 0.15) is 5.75 Å². The number of hydrogen-bond acceptors (Lipinski definition) is 6. The fourth-order valence-electron chi connectivity index (χ4n) is 3.53. The van der Waals surface area contributed by atoms with Gasteiger partial charge in [-0.2, -0.15) is 9.61 Å². The number of rotatable bonds is 7. The van der Waals surface area contributed by atoms with Crippen LogP contribution in [0.15, 0.2) is 36.4 Å². The summed E-state index contributed by atoms with van der Waals surface area (Å²) < 4.78 is 8.65. The van der Waals surface area contributed by atoms with E-state index in [1.54, 1.807) is 16.3 Å². The third-order valence-electron chi connectivity index (χ3n) is 5.31. The Balaban J connectivity index is 1.42. The van der Waals surface area contributed by atoms with Gasteiger partial charge in [-0.25, -0.2) is 4.68 Å². The second kappa shape index (κ2) is 8.55. The number of carbonyl (C=O) groups excluding carboxylic acids is 1. The number of methoxy groups -OCH3 is 1. The zero-order valence-electron chi connectivity index (χ0n) is 18.1. The summed E-state index contributed by atoms with van der Waals surface area (Å²) in [7, 11) is 1.63. The SMILES string of the molecule is COc1ccc(CNC(=O)CCc2c(C)nn(-c3ccc4nnc(C)n4n3)c2C)cc1. The summed E-state index contributed by atoms with van der Waals surface area (Å²) in [4.78, 5) is 12.4. The molecule has 9 nitrogen and oxygen atoms in total. The Morgan fingerprint density at radius 3 is 2.55 bits per heavy atom. The molecular weight excluding hydrogens is 394 g/mol. The van der Waals surface area contributed by atoms with Crippen LogP contribution >= 0.6 is 0 Å². The summed E-state index contributed by atoms with van der Waals surface area (Å²) in [6.45, 7) is 6.29. The molecule has 1 aromatic carbocycles. The minimum atomic E-state index is 0.00188. The van der Waals surface area contributed by atoms with E-state index in [9.17, 15) is 4.79 Å². The summed E-state index contributed by atoms with van der Waals surface area (Å²) in [5.41, 5.74) is 4.64. The maximum absolute atomic E-state index is 12.4. The Morgan fingerprint density at radius 2 is 1.81 bits per heavy atom. The van der Waals surface area contributed by atoms with Gasteiger partial charge in [-0.3, -0.25) is 4.79 Å². The lowest BCUT2D eigenvalue weighted by Gasteiger charge is -2.07. The molecule has 3 aromatic heterocycles. The van der Waals surface area contributed by atoms with Gasteiger partial charge in [-0.05, 0) is 62.6 Å². The number of nitrogens with one attached hydrogen (secondary N) is 1. The Kier molecular flexibility index (Phi) is 5.66. The highest BCUT2D eigenvalue weighted by molar-refractivity contribution is 5.76. The van der Waals surface area contributed by atoms with Crippen LogP contribution in [0.1, 0.15) is 34.8 Å². The first-order valence-corrected chi connectivity index (χ1v) is 10.1. The van der Waals surface area contributed by atoms with Gasteiger partial charge in [0.25, 0.3) is 0 Å². The van der Waals surface area contributed by atoms with Crippen molar-refractivity contribution in [3.63, 3.8) is 0 Å². The lowest BCUT2D eigenvalue weighted by molar-refractivity contribution is -0.121. The second-order valence-corrected chi connectivity index (χ2v) is 7.39. The van der Waals surface area contributed by atoms with Gasteiger partial charge in [-0.1, -0.05) is 12.1 Å². The highest BCUT2D eigenvalue weighted by Gasteiger charge is 2.16. The van der Waals surface area contributed by atoms with Crippen molar-refractivity contribution in [3.8, 4) is 11.6 Å². The van der Waals surface area contributed by atoms with Crippen LogP contribution in [0.25, 0.3) is 11.5 Å². The van der Waals surface area contributed by atoms with Crippen molar-refractivity contribution in [2.75, 3.05) is 7.11 Å². The van der Waals surface area contributed by atoms with E-state index in [1.807, 2.05) is 57.2 Å². The lowest BCUT2D eigenvalue weighted by atomic mass is 10.1. The molecular formula is C22H25N7O2. The number of aromatic nitrogens is 6. The average molecular weight is 419 g/mol. The van der Waals surface area contributed by atoms with Gasteiger partial charge < -0.3 is 10.1 Å². The highest BCUT2D eigenvalue weighted by atomic mass is 16.5. The quantitative estimate of drug-likeness (QED) is 0.494. The summed E-state index contributed by atoms with van der Waals surface area (Å²) in [5.74, 6) is 2.20. The molecule has 0 saturated heterocycles. The van der Waals surface area contributed by atoms with Gasteiger partial charge in [0.15, 0.2) is 17.3 Å². The summed E-state index contributed by atoms with van der Waals surface area (Å²) in [5, 5.41) is 20.3. The van der Waals surface area contributed by atoms with Crippen LogP contribution < -0.4 is 10.1 Å². The molecule has 0 aliphatic heterocycles. The number of amides is 1. The van der Waals surface area contributed by atoms with Crippen molar-refractivity contribution in [1.29, 1.82) is 0 Å². The largest absolute Gasteiger partial charge is 0.497 e. The van der Waals surface area contributed by atoms with E-state index >= 15 is 0 Å². The zero-order valence-corrected chi connectivity index (χ0v) is 18.1. The Labute approximate surface area is 180 Å². The third kappa shape index (κ3) is 4.25. The first kappa shape index (κ1) is 20.5. The fraction of sp³-hybridized carbons (Fsp3) is 0.318. The molecule has 1 amide bonds. The molecule has 31 heavy (non-hydrogen) atoms. The second-order valence-electron chi connectivity index (χ2n) is 7.39. The fourth-order valence-corrected chi connectivity index (χ4v) is 3.53. The standard InChI is InChI=1S/C22H25N7O2/c1-14-19(9-12-22(30)23-13-17-5-7-18(31-4)8-6-17)15(2)28(26-14)21-11-10-20-25-24-16(3)29(20)27-21/h5-8,10-11H,9,12-13H2,1-4H3,(H,23,30). The molecule has 0 aliphatic rings. The normalized spacial score (nSPS) is 11.1. The third-order valence-corrected chi connectivity index (χ3v) is 5.31. The van der Waals surface area contributed by atoms with E-state index in [0.717, 1.165) is 28.3 Å². The van der Waals surface area contributed by atoms with E-state index in [1.165, 1.54) is 0 Å². The van der Waals surface area contributed by atoms with Crippen LogP contribution in [0.5, 0.6) is 5.75 Å². The molecule has 4 rings (SSSR count). The van der Waals surface area contributed by atoms with E-state index < -0.39 is 0 Å². The molecule has 1 N–H and O–H groups in total. The Bertz CT molecular complexity index is 1220. The molecule has 0 spiro atoms. The molecule has 160 valence electrons. The van der Waals surface area contributed by atoms with E-state index in [4.69, 9.17) is 4.74 Å². The summed E-state index contributed by atoms with van der Waals surface area (Å²) in [6, 6.07) is 11.4. The van der Waals surface area contributed by atoms with Crippen LogP contribution in [-0.2, 0) is 17.8 Å². The number of aryl methyl sites for hydroxylation is 2. The molecule has 0 saturated carbocycles. The molecule has 0 radical (unpaired) electrons. The Hall–Kier alpha value is -3.75. The minimum absolute atomic E-state index is 0.00188. The summed E-state index contributed by atoms with van der Waals surface area (Å²) in [6.07, 6.45) is 1.00. The maximum atomic E-state index is 12.4. The first-order valence-electron chi connectivity index (χ1n) is 10.1. The van der Waals surface area contributed by atoms with Crippen molar-refractivity contribution in [2.45, 2.75) is 40.2 Å². The number of nitrogens with zero attached hydrogens (tertiary/aromatic N) is 6. The van der Waals surface area contributed by atoms with Gasteiger partial charge in [-0.15, -0.1) is 15.3 Å². The van der Waals surface area contributed by atoms with Crippen molar-refractivity contribution in [3.05, 3.63) is 64.7 Å². The van der Waals surface area contributed by atoms with E-state index in [2.05, 4.69) is 25.7 Å². The van der Waals surface area contributed by atoms with E-state index in [-0.39, 0.29) is 5.91 Å². The van der Waals surface area contributed by atoms with Crippen molar-refractivity contribution < 1.29 is 9.53 Å². The predicted octanol–water partition coefficient (Wildman–Crippen LogP) is 2.49. The van der Waals surface area contributed by atoms with Gasteiger partial charge in [0.05, 0.1) is 12.8 Å². The highest BCUT2D eigenvalue weighted by Crippen LogP contribution is 2.19. The van der Waals surface area contributed by atoms with Gasteiger partial charge in [0, 0.05) is 18.7 Å². The van der Waals surface area contributed by atoms with Gasteiger partial charge in [0.2, 0.25) is 5.91 Å². The monoisotopic (exact) mass is 419 g/mol. The number of hydrogen-bond donors (Lipinski definition) is 1. The van der Waals surface area contributed by atoms with E-state index in [0.29, 0.717) is 36.7 Å². The van der Waals surface area contributed by atoms with Crippen LogP contribution in [0, 0.1) is 20.8 Å². The van der Waals surface area contributed by atoms with Crippen molar-refractivity contribution in [2.24, 2.45) is 0 Å². The number of benzene rings is 1. The van der Waals surface area contributed by atoms with Crippen molar-refractivity contribution >= 4 is 11.6 Å². The lowest BCUT2D eigenvalue weighted by Crippen LogP contribution is -2.23.